The molecule has 2 unspecified atom stereocenters. The molecule has 1 aromatic carbocycles. The summed E-state index contributed by atoms with van der Waals surface area (Å²) in [6, 6.07) is 9.68. The maximum Gasteiger partial charge on any atom is 0.0619 e. The Balaban J connectivity index is 1.91. The normalized spacial score (nSPS) is 23.0. The second kappa shape index (κ2) is 5.46. The van der Waals surface area contributed by atoms with E-state index in [1.807, 2.05) is 0 Å². The van der Waals surface area contributed by atoms with E-state index in [4.69, 9.17) is 4.74 Å². The first-order valence-corrected chi connectivity index (χ1v) is 6.16. The lowest BCUT2D eigenvalue weighted by Gasteiger charge is -2.27. The Morgan fingerprint density at radius 1 is 1.31 bits per heavy atom. The molecule has 1 saturated heterocycles. The van der Waals surface area contributed by atoms with E-state index >= 15 is 0 Å². The van der Waals surface area contributed by atoms with Crippen LogP contribution in [-0.2, 0) is 4.74 Å². The molecule has 0 spiro atoms. The zero-order valence-corrected chi connectivity index (χ0v) is 10.2. The molecule has 1 aliphatic rings. The molecule has 2 rings (SSSR count). The number of rotatable bonds is 3. The molecule has 0 amide bonds. The fourth-order valence-electron chi connectivity index (χ4n) is 2.18. The molecule has 1 N–H and O–H groups in total. The van der Waals surface area contributed by atoms with Gasteiger partial charge in [0, 0.05) is 18.7 Å². The monoisotopic (exact) mass is 219 g/mol. The molecule has 2 heteroatoms. The number of benzene rings is 1. The summed E-state index contributed by atoms with van der Waals surface area (Å²) < 4.78 is 5.48. The van der Waals surface area contributed by atoms with E-state index in [1.54, 1.807) is 0 Å². The highest BCUT2D eigenvalue weighted by atomic mass is 16.5. The molecule has 1 aliphatic heterocycles. The summed E-state index contributed by atoms with van der Waals surface area (Å²) in [5, 5.41) is 3.63. The van der Waals surface area contributed by atoms with Crippen LogP contribution >= 0.6 is 0 Å². The standard InChI is InChI=1S/C14H21NO/c1-11-5-7-13(8-6-11)12(2)15-14-4-3-9-16-10-14/h5-8,12,14-15H,3-4,9-10H2,1-2H3. The predicted molar refractivity (Wildman–Crippen MR) is 66.6 cm³/mol. The first-order valence-electron chi connectivity index (χ1n) is 6.16. The van der Waals surface area contributed by atoms with Gasteiger partial charge in [-0.05, 0) is 32.3 Å². The van der Waals surface area contributed by atoms with Gasteiger partial charge in [-0.15, -0.1) is 0 Å². The lowest BCUT2D eigenvalue weighted by molar-refractivity contribution is 0.0671. The van der Waals surface area contributed by atoms with E-state index in [2.05, 4.69) is 43.4 Å². The molecular formula is C14H21NO. The van der Waals surface area contributed by atoms with E-state index < -0.39 is 0 Å². The average molecular weight is 219 g/mol. The highest BCUT2D eigenvalue weighted by molar-refractivity contribution is 5.23. The Kier molecular flexibility index (Phi) is 3.97. The van der Waals surface area contributed by atoms with Crippen molar-refractivity contribution in [1.82, 2.24) is 5.32 Å². The molecule has 0 aliphatic carbocycles. The number of aryl methyl sites for hydroxylation is 1. The van der Waals surface area contributed by atoms with Gasteiger partial charge in [-0.3, -0.25) is 0 Å². The zero-order chi connectivity index (χ0) is 11.4. The van der Waals surface area contributed by atoms with Gasteiger partial charge in [0.25, 0.3) is 0 Å². The predicted octanol–water partition coefficient (Wildman–Crippen LogP) is 2.82. The minimum absolute atomic E-state index is 0.410. The maximum atomic E-state index is 5.48. The summed E-state index contributed by atoms with van der Waals surface area (Å²) in [6.45, 7) is 6.13. The van der Waals surface area contributed by atoms with Crippen LogP contribution in [-0.4, -0.2) is 19.3 Å². The van der Waals surface area contributed by atoms with Crippen LogP contribution < -0.4 is 5.32 Å². The summed E-state index contributed by atoms with van der Waals surface area (Å²) in [6.07, 6.45) is 2.41. The Morgan fingerprint density at radius 2 is 2.06 bits per heavy atom. The third-order valence-corrected chi connectivity index (χ3v) is 3.22. The highest BCUT2D eigenvalue weighted by Gasteiger charge is 2.16. The fourth-order valence-corrected chi connectivity index (χ4v) is 2.18. The van der Waals surface area contributed by atoms with Crippen LogP contribution in [0, 0.1) is 6.92 Å². The van der Waals surface area contributed by atoms with Crippen molar-refractivity contribution in [3.8, 4) is 0 Å². The third kappa shape index (κ3) is 3.06. The first kappa shape index (κ1) is 11.6. The van der Waals surface area contributed by atoms with Crippen LogP contribution in [0.4, 0.5) is 0 Å². The molecule has 2 atom stereocenters. The molecule has 88 valence electrons. The quantitative estimate of drug-likeness (QED) is 0.844. The summed E-state index contributed by atoms with van der Waals surface area (Å²) in [5.41, 5.74) is 2.67. The van der Waals surface area contributed by atoms with E-state index in [9.17, 15) is 0 Å². The van der Waals surface area contributed by atoms with Gasteiger partial charge in [-0.2, -0.15) is 0 Å². The average Bonchev–Trinajstić information content (AvgIpc) is 2.31. The van der Waals surface area contributed by atoms with Gasteiger partial charge in [0.05, 0.1) is 6.61 Å². The van der Waals surface area contributed by atoms with Gasteiger partial charge in [0.1, 0.15) is 0 Å². The van der Waals surface area contributed by atoms with Crippen LogP contribution in [0.5, 0.6) is 0 Å². The minimum atomic E-state index is 0.410. The van der Waals surface area contributed by atoms with E-state index in [1.165, 1.54) is 24.0 Å². The highest BCUT2D eigenvalue weighted by Crippen LogP contribution is 2.16. The SMILES string of the molecule is Cc1ccc(C(C)NC2CCCOC2)cc1. The van der Waals surface area contributed by atoms with Crippen LogP contribution in [0.15, 0.2) is 24.3 Å². The van der Waals surface area contributed by atoms with Crippen molar-refractivity contribution in [2.45, 2.75) is 38.8 Å². The van der Waals surface area contributed by atoms with Crippen LogP contribution in [0.2, 0.25) is 0 Å². The number of hydrogen-bond donors (Lipinski definition) is 1. The fraction of sp³-hybridized carbons (Fsp3) is 0.571. The smallest absolute Gasteiger partial charge is 0.0619 e. The Morgan fingerprint density at radius 3 is 2.69 bits per heavy atom. The lowest BCUT2D eigenvalue weighted by atomic mass is 10.0. The Hall–Kier alpha value is -0.860. The van der Waals surface area contributed by atoms with Gasteiger partial charge in [0.2, 0.25) is 0 Å². The van der Waals surface area contributed by atoms with Crippen molar-refractivity contribution >= 4 is 0 Å². The van der Waals surface area contributed by atoms with Crippen molar-refractivity contribution in [2.75, 3.05) is 13.2 Å². The van der Waals surface area contributed by atoms with Gasteiger partial charge in [-0.1, -0.05) is 29.8 Å². The molecule has 0 saturated carbocycles. The summed E-state index contributed by atoms with van der Waals surface area (Å²) in [5.74, 6) is 0. The second-order valence-corrected chi connectivity index (χ2v) is 4.71. The number of ether oxygens (including phenoxy) is 1. The summed E-state index contributed by atoms with van der Waals surface area (Å²) in [7, 11) is 0. The molecule has 16 heavy (non-hydrogen) atoms. The van der Waals surface area contributed by atoms with Gasteiger partial charge in [-0.25, -0.2) is 0 Å². The number of nitrogens with one attached hydrogen (secondary N) is 1. The summed E-state index contributed by atoms with van der Waals surface area (Å²) in [4.78, 5) is 0. The Bertz CT molecular complexity index is 314. The second-order valence-electron chi connectivity index (χ2n) is 4.71. The molecule has 1 aromatic rings. The van der Waals surface area contributed by atoms with Crippen molar-refractivity contribution in [3.63, 3.8) is 0 Å². The van der Waals surface area contributed by atoms with Gasteiger partial charge < -0.3 is 10.1 Å². The maximum absolute atomic E-state index is 5.48. The van der Waals surface area contributed by atoms with Crippen molar-refractivity contribution < 1.29 is 4.74 Å². The van der Waals surface area contributed by atoms with Crippen molar-refractivity contribution in [1.29, 1.82) is 0 Å². The molecule has 0 radical (unpaired) electrons. The zero-order valence-electron chi connectivity index (χ0n) is 10.2. The number of hydrogen-bond acceptors (Lipinski definition) is 2. The van der Waals surface area contributed by atoms with Gasteiger partial charge >= 0.3 is 0 Å². The molecule has 1 heterocycles. The van der Waals surface area contributed by atoms with E-state index in [0.717, 1.165) is 13.2 Å². The lowest BCUT2D eigenvalue weighted by Crippen LogP contribution is -2.38. The summed E-state index contributed by atoms with van der Waals surface area (Å²) >= 11 is 0. The third-order valence-electron chi connectivity index (χ3n) is 3.22. The first-order chi connectivity index (χ1) is 7.75. The molecule has 1 fully saturated rings. The van der Waals surface area contributed by atoms with Crippen molar-refractivity contribution in [3.05, 3.63) is 35.4 Å². The largest absolute Gasteiger partial charge is 0.380 e. The topological polar surface area (TPSA) is 21.3 Å². The molecular weight excluding hydrogens is 198 g/mol. The van der Waals surface area contributed by atoms with E-state index in [-0.39, 0.29) is 0 Å². The molecule has 0 aromatic heterocycles. The van der Waals surface area contributed by atoms with E-state index in [0.29, 0.717) is 12.1 Å². The molecule has 0 bridgehead atoms. The van der Waals surface area contributed by atoms with Crippen LogP contribution in [0.25, 0.3) is 0 Å². The molecule has 2 nitrogen and oxygen atoms in total. The van der Waals surface area contributed by atoms with Crippen LogP contribution in [0.1, 0.15) is 36.9 Å². The van der Waals surface area contributed by atoms with Gasteiger partial charge in [0.15, 0.2) is 0 Å². The van der Waals surface area contributed by atoms with Crippen molar-refractivity contribution in [2.24, 2.45) is 0 Å². The minimum Gasteiger partial charge on any atom is -0.380 e. The Labute approximate surface area is 98.0 Å². The van der Waals surface area contributed by atoms with Crippen LogP contribution in [0.3, 0.4) is 0 Å².